The predicted octanol–water partition coefficient (Wildman–Crippen LogP) is 5.06. The van der Waals surface area contributed by atoms with Crippen molar-refractivity contribution >= 4 is 20.6 Å². The van der Waals surface area contributed by atoms with Crippen molar-refractivity contribution in [2.45, 2.75) is 48.4 Å². The van der Waals surface area contributed by atoms with Gasteiger partial charge in [-0.25, -0.2) is 8.42 Å². The molecule has 0 spiro atoms. The quantitative estimate of drug-likeness (QED) is 0.618. The van der Waals surface area contributed by atoms with Crippen molar-refractivity contribution in [2.24, 2.45) is 0 Å². The zero-order valence-electron chi connectivity index (χ0n) is 16.3. The molecule has 0 radical (unpaired) electrons. The van der Waals surface area contributed by atoms with E-state index < -0.39 is 21.2 Å². The van der Waals surface area contributed by atoms with Crippen LogP contribution in [0.15, 0.2) is 76.5 Å². The number of fused-ring (bicyclic) bond motifs is 1. The minimum Gasteiger partial charge on any atom is -0.347 e. The Morgan fingerprint density at radius 1 is 0.893 bits per heavy atom. The van der Waals surface area contributed by atoms with E-state index in [0.717, 1.165) is 16.3 Å². The topological polar surface area (TPSA) is 52.6 Å². The van der Waals surface area contributed by atoms with Crippen LogP contribution >= 0.6 is 0 Å². The summed E-state index contributed by atoms with van der Waals surface area (Å²) in [4.78, 5) is 0.555. The molecule has 1 atom stereocenters. The van der Waals surface area contributed by atoms with E-state index in [1.165, 1.54) is 0 Å². The van der Waals surface area contributed by atoms with E-state index in [-0.39, 0.29) is 9.79 Å². The Kier molecular flexibility index (Phi) is 4.57. The average Bonchev–Trinajstić information content (AvgIpc) is 3.04. The molecule has 146 valence electrons. The first kappa shape index (κ1) is 19.1. The molecule has 4 rings (SSSR count). The van der Waals surface area contributed by atoms with Crippen molar-refractivity contribution in [3.05, 3.63) is 72.3 Å². The fourth-order valence-electron chi connectivity index (χ4n) is 3.76. The van der Waals surface area contributed by atoms with Crippen LogP contribution in [0.3, 0.4) is 0 Å². The van der Waals surface area contributed by atoms with E-state index in [9.17, 15) is 8.42 Å². The van der Waals surface area contributed by atoms with Crippen LogP contribution in [0.2, 0.25) is 0 Å². The van der Waals surface area contributed by atoms with Gasteiger partial charge in [-0.2, -0.15) is 0 Å². The Morgan fingerprint density at radius 3 is 2.29 bits per heavy atom. The van der Waals surface area contributed by atoms with Gasteiger partial charge in [0, 0.05) is 0 Å². The highest BCUT2D eigenvalue weighted by Crippen LogP contribution is 2.42. The van der Waals surface area contributed by atoms with Crippen LogP contribution in [-0.2, 0) is 24.9 Å². The largest absolute Gasteiger partial charge is 0.347 e. The molecule has 0 saturated carbocycles. The first-order chi connectivity index (χ1) is 13.3. The van der Waals surface area contributed by atoms with Gasteiger partial charge in [0.1, 0.15) is 5.60 Å². The molecule has 1 heterocycles. The maximum Gasteiger partial charge on any atom is 0.206 e. The number of hydrogen-bond donors (Lipinski definition) is 0. The first-order valence-electron chi connectivity index (χ1n) is 9.44. The summed E-state index contributed by atoms with van der Waals surface area (Å²) in [6, 6.07) is 20.0. The summed E-state index contributed by atoms with van der Waals surface area (Å²) in [7, 11) is -3.64. The normalized spacial score (nSPS) is 21.8. The monoisotopic (exact) mass is 396 g/mol. The standard InChI is InChI=1S/C23H24O4S/c1-4-23(16-26-22(2,3)27-23)19-10-7-11-20(15-19)28(24,25)21-13-12-17-8-5-6-9-18(17)14-21/h5-15H,4,16H2,1-3H3. The molecule has 0 N–H and O–H groups in total. The summed E-state index contributed by atoms with van der Waals surface area (Å²) in [5.74, 6) is -0.691. The summed E-state index contributed by atoms with van der Waals surface area (Å²) < 4.78 is 38.6. The van der Waals surface area contributed by atoms with Crippen molar-refractivity contribution in [1.29, 1.82) is 0 Å². The molecule has 1 aliphatic rings. The highest BCUT2D eigenvalue weighted by molar-refractivity contribution is 7.91. The molecular weight excluding hydrogens is 372 g/mol. The highest BCUT2D eigenvalue weighted by Gasteiger charge is 2.45. The maximum atomic E-state index is 13.3. The van der Waals surface area contributed by atoms with Gasteiger partial charge in [-0.1, -0.05) is 49.4 Å². The molecule has 5 heteroatoms. The van der Waals surface area contributed by atoms with Gasteiger partial charge in [0.25, 0.3) is 0 Å². The Morgan fingerprint density at radius 2 is 1.61 bits per heavy atom. The summed E-state index contributed by atoms with van der Waals surface area (Å²) >= 11 is 0. The lowest BCUT2D eigenvalue weighted by atomic mass is 9.92. The minimum atomic E-state index is -3.64. The van der Waals surface area contributed by atoms with Crippen molar-refractivity contribution in [1.82, 2.24) is 0 Å². The fourth-order valence-corrected chi connectivity index (χ4v) is 5.10. The van der Waals surface area contributed by atoms with Crippen LogP contribution in [0.5, 0.6) is 0 Å². The van der Waals surface area contributed by atoms with E-state index in [1.54, 1.807) is 30.3 Å². The third-order valence-electron chi connectivity index (χ3n) is 5.37. The number of hydrogen-bond acceptors (Lipinski definition) is 4. The van der Waals surface area contributed by atoms with Crippen LogP contribution in [-0.4, -0.2) is 20.8 Å². The van der Waals surface area contributed by atoms with Gasteiger partial charge < -0.3 is 9.47 Å². The zero-order chi connectivity index (χ0) is 20.0. The predicted molar refractivity (Wildman–Crippen MR) is 109 cm³/mol. The molecule has 0 aliphatic carbocycles. The molecule has 0 bridgehead atoms. The molecule has 1 saturated heterocycles. The Balaban J connectivity index is 1.77. The third-order valence-corrected chi connectivity index (χ3v) is 7.12. The molecule has 3 aromatic rings. The molecular formula is C23H24O4S. The lowest BCUT2D eigenvalue weighted by molar-refractivity contribution is -0.164. The fraction of sp³-hybridized carbons (Fsp3) is 0.304. The summed E-state index contributed by atoms with van der Waals surface area (Å²) in [6.07, 6.45) is 0.690. The maximum absolute atomic E-state index is 13.3. The minimum absolute atomic E-state index is 0.265. The highest BCUT2D eigenvalue weighted by atomic mass is 32.2. The second-order valence-electron chi connectivity index (χ2n) is 7.68. The molecule has 0 aromatic heterocycles. The van der Waals surface area contributed by atoms with Gasteiger partial charge in [-0.3, -0.25) is 0 Å². The van der Waals surface area contributed by atoms with E-state index in [1.807, 2.05) is 57.2 Å². The second-order valence-corrected chi connectivity index (χ2v) is 9.63. The molecule has 28 heavy (non-hydrogen) atoms. The lowest BCUT2D eigenvalue weighted by Crippen LogP contribution is -2.31. The van der Waals surface area contributed by atoms with Gasteiger partial charge in [-0.05, 0) is 60.9 Å². The number of sulfone groups is 1. The van der Waals surface area contributed by atoms with Gasteiger partial charge in [0.15, 0.2) is 5.79 Å². The number of rotatable bonds is 4. The Labute approximate surface area is 166 Å². The second kappa shape index (κ2) is 6.69. The van der Waals surface area contributed by atoms with E-state index in [2.05, 4.69) is 0 Å². The molecule has 1 fully saturated rings. The van der Waals surface area contributed by atoms with Crippen LogP contribution in [0.1, 0.15) is 32.8 Å². The van der Waals surface area contributed by atoms with Crippen molar-refractivity contribution in [3.63, 3.8) is 0 Å². The van der Waals surface area contributed by atoms with Crippen molar-refractivity contribution in [2.75, 3.05) is 6.61 Å². The SMILES string of the molecule is CCC1(c2cccc(S(=O)(=O)c3ccc4ccccc4c3)c2)COC(C)(C)O1. The third kappa shape index (κ3) is 3.24. The molecule has 1 aliphatic heterocycles. The summed E-state index contributed by atoms with van der Waals surface area (Å²) in [5.41, 5.74) is 0.181. The molecule has 0 amide bonds. The van der Waals surface area contributed by atoms with Crippen LogP contribution in [0, 0.1) is 0 Å². The molecule has 1 unspecified atom stereocenters. The first-order valence-corrected chi connectivity index (χ1v) is 10.9. The zero-order valence-corrected chi connectivity index (χ0v) is 17.1. The Bertz CT molecular complexity index is 1130. The van der Waals surface area contributed by atoms with Crippen LogP contribution < -0.4 is 0 Å². The average molecular weight is 397 g/mol. The summed E-state index contributed by atoms with van der Waals surface area (Å²) in [5, 5.41) is 1.91. The van der Waals surface area contributed by atoms with Crippen molar-refractivity contribution < 1.29 is 17.9 Å². The molecule has 3 aromatic carbocycles. The smallest absolute Gasteiger partial charge is 0.206 e. The summed E-state index contributed by atoms with van der Waals surface area (Å²) in [6.45, 7) is 6.17. The van der Waals surface area contributed by atoms with Crippen LogP contribution in [0.25, 0.3) is 10.8 Å². The molecule has 4 nitrogen and oxygen atoms in total. The van der Waals surface area contributed by atoms with E-state index >= 15 is 0 Å². The number of benzene rings is 3. The van der Waals surface area contributed by atoms with E-state index in [0.29, 0.717) is 13.0 Å². The number of ether oxygens (including phenoxy) is 2. The van der Waals surface area contributed by atoms with E-state index in [4.69, 9.17) is 9.47 Å². The lowest BCUT2D eigenvalue weighted by Gasteiger charge is -2.29. The van der Waals surface area contributed by atoms with Gasteiger partial charge in [-0.15, -0.1) is 0 Å². The Hall–Kier alpha value is -2.21. The van der Waals surface area contributed by atoms with Crippen molar-refractivity contribution in [3.8, 4) is 0 Å². The van der Waals surface area contributed by atoms with Gasteiger partial charge in [0.2, 0.25) is 9.84 Å². The van der Waals surface area contributed by atoms with Crippen LogP contribution in [0.4, 0.5) is 0 Å². The van der Waals surface area contributed by atoms with Gasteiger partial charge >= 0.3 is 0 Å². The van der Waals surface area contributed by atoms with Gasteiger partial charge in [0.05, 0.1) is 16.4 Å².